The van der Waals surface area contributed by atoms with Crippen molar-refractivity contribution < 1.29 is 8.78 Å². The summed E-state index contributed by atoms with van der Waals surface area (Å²) >= 11 is 0. The van der Waals surface area contributed by atoms with Gasteiger partial charge in [-0.2, -0.15) is 0 Å². The van der Waals surface area contributed by atoms with E-state index in [1.807, 2.05) is 36.4 Å². The second kappa shape index (κ2) is 14.1. The molecule has 0 saturated carbocycles. The second-order valence-electron chi connectivity index (χ2n) is 12.8. The van der Waals surface area contributed by atoms with Crippen molar-refractivity contribution in [3.8, 4) is 22.5 Å². The van der Waals surface area contributed by atoms with Gasteiger partial charge in [-0.25, -0.2) is 38.7 Å². The topological polar surface area (TPSA) is 136 Å². The lowest BCUT2D eigenvalue weighted by atomic mass is 10.1. The predicted molar refractivity (Wildman–Crippen MR) is 188 cm³/mol. The van der Waals surface area contributed by atoms with Crippen LogP contribution in [0.15, 0.2) is 73.3 Å². The van der Waals surface area contributed by atoms with Gasteiger partial charge in [-0.3, -0.25) is 9.80 Å². The highest BCUT2D eigenvalue weighted by atomic mass is 19.1. The van der Waals surface area contributed by atoms with Crippen molar-refractivity contribution >= 4 is 33.7 Å². The molecule has 0 radical (unpaired) electrons. The Bertz CT molecular complexity index is 2120. The Morgan fingerprint density at radius 3 is 1.69 bits per heavy atom. The van der Waals surface area contributed by atoms with Gasteiger partial charge in [-0.05, 0) is 124 Å². The van der Waals surface area contributed by atoms with Crippen LogP contribution in [0.2, 0.25) is 0 Å². The fourth-order valence-corrected chi connectivity index (χ4v) is 6.68. The van der Waals surface area contributed by atoms with E-state index in [0.717, 1.165) is 55.0 Å². The van der Waals surface area contributed by atoms with Crippen molar-refractivity contribution in [3.05, 3.63) is 96.1 Å². The zero-order valence-electron chi connectivity index (χ0n) is 27.4. The first kappa shape index (κ1) is 32.4. The number of pyridine rings is 2. The molecule has 4 aromatic heterocycles. The minimum atomic E-state index is -0.251. The van der Waals surface area contributed by atoms with Crippen LogP contribution in [0, 0.1) is 11.6 Å². The molecule has 10 nitrogen and oxygen atoms in total. The number of fused-ring (bicyclic) bond motifs is 2. The van der Waals surface area contributed by atoms with E-state index in [4.69, 9.17) is 11.5 Å². The smallest absolute Gasteiger partial charge is 0.153 e. The van der Waals surface area contributed by atoms with Crippen LogP contribution >= 0.6 is 0 Å². The molecule has 2 aromatic carbocycles. The Kier molecular flexibility index (Phi) is 9.32. The van der Waals surface area contributed by atoms with Crippen molar-refractivity contribution in [2.24, 2.45) is 0 Å². The number of benzene rings is 2. The van der Waals surface area contributed by atoms with Crippen LogP contribution in [0.25, 0.3) is 44.6 Å². The third-order valence-electron chi connectivity index (χ3n) is 9.21. The van der Waals surface area contributed by atoms with E-state index in [0.29, 0.717) is 51.1 Å². The predicted octanol–water partition coefficient (Wildman–Crippen LogP) is 6.41. The molecule has 0 aliphatic carbocycles. The molecular formula is C37H38F2N10. The van der Waals surface area contributed by atoms with E-state index >= 15 is 0 Å². The molecule has 12 heteroatoms. The standard InChI is InChI=1S/C19H20FN5.C18H18FN5/c1-12-3-2-6-25(12)10-13-7-14(9-15(20)8-13)16-4-5-17-18(24-16)19(21)23-11-22-17;19-14-8-12(10-24-5-1-2-6-24)7-13(9-14)15-3-4-16-17(23-15)18(20)22-11-21-16/h4-5,7-9,11-12H,2-3,6,10H2,1H3,(H2,21,22,23);3-4,7-9,11H,1-2,5-6,10H2,(H2,20,21,22). The van der Waals surface area contributed by atoms with Crippen molar-refractivity contribution in [2.45, 2.75) is 51.7 Å². The average molecular weight is 661 g/mol. The molecule has 2 fully saturated rings. The molecule has 0 spiro atoms. The van der Waals surface area contributed by atoms with E-state index in [2.05, 4.69) is 46.6 Å². The first-order chi connectivity index (χ1) is 23.8. The highest BCUT2D eigenvalue weighted by Gasteiger charge is 2.21. The third-order valence-corrected chi connectivity index (χ3v) is 9.21. The number of hydrogen-bond acceptors (Lipinski definition) is 10. The molecular weight excluding hydrogens is 622 g/mol. The van der Waals surface area contributed by atoms with E-state index in [9.17, 15) is 8.78 Å². The minimum Gasteiger partial charge on any atom is -0.382 e. The molecule has 250 valence electrons. The van der Waals surface area contributed by atoms with Gasteiger partial charge in [-0.15, -0.1) is 0 Å². The summed E-state index contributed by atoms with van der Waals surface area (Å²) in [7, 11) is 0. The molecule has 4 N–H and O–H groups in total. The first-order valence-electron chi connectivity index (χ1n) is 16.6. The van der Waals surface area contributed by atoms with Gasteiger partial charge in [0.15, 0.2) is 11.6 Å². The molecule has 0 bridgehead atoms. The summed E-state index contributed by atoms with van der Waals surface area (Å²) in [4.78, 5) is 30.1. The first-order valence-corrected chi connectivity index (χ1v) is 16.6. The van der Waals surface area contributed by atoms with E-state index in [-0.39, 0.29) is 11.6 Å². The van der Waals surface area contributed by atoms with Crippen molar-refractivity contribution in [3.63, 3.8) is 0 Å². The Morgan fingerprint density at radius 2 is 1.18 bits per heavy atom. The average Bonchev–Trinajstić information content (AvgIpc) is 3.76. The van der Waals surface area contributed by atoms with Gasteiger partial charge in [0.05, 0.1) is 22.4 Å². The molecule has 2 aliphatic rings. The molecule has 49 heavy (non-hydrogen) atoms. The van der Waals surface area contributed by atoms with Crippen LogP contribution in [0.1, 0.15) is 43.7 Å². The Labute approximate surface area is 283 Å². The maximum atomic E-state index is 14.2. The van der Waals surface area contributed by atoms with Gasteiger partial charge in [0.25, 0.3) is 0 Å². The lowest BCUT2D eigenvalue weighted by molar-refractivity contribution is 0.260. The number of nitrogens with two attached hydrogens (primary N) is 2. The maximum absolute atomic E-state index is 14.2. The summed E-state index contributed by atoms with van der Waals surface area (Å²) in [6, 6.07) is 18.1. The van der Waals surface area contributed by atoms with Crippen LogP contribution in [0.5, 0.6) is 0 Å². The van der Waals surface area contributed by atoms with Crippen molar-refractivity contribution in [2.75, 3.05) is 31.1 Å². The molecule has 2 aliphatic heterocycles. The Morgan fingerprint density at radius 1 is 0.653 bits per heavy atom. The number of likely N-dealkylation sites (tertiary alicyclic amines) is 2. The largest absolute Gasteiger partial charge is 0.382 e. The highest BCUT2D eigenvalue weighted by molar-refractivity contribution is 5.86. The number of nitrogens with zero attached hydrogens (tertiary/aromatic N) is 8. The van der Waals surface area contributed by atoms with Crippen LogP contribution in [-0.4, -0.2) is 65.4 Å². The van der Waals surface area contributed by atoms with Gasteiger partial charge in [0.1, 0.15) is 35.3 Å². The molecule has 1 unspecified atom stereocenters. The highest BCUT2D eigenvalue weighted by Crippen LogP contribution is 2.27. The zero-order chi connectivity index (χ0) is 33.9. The normalized spacial score (nSPS) is 16.7. The van der Waals surface area contributed by atoms with Crippen molar-refractivity contribution in [1.29, 1.82) is 0 Å². The maximum Gasteiger partial charge on any atom is 0.153 e. The monoisotopic (exact) mass is 660 g/mol. The van der Waals surface area contributed by atoms with E-state index in [1.165, 1.54) is 50.5 Å². The van der Waals surface area contributed by atoms with Gasteiger partial charge in [0.2, 0.25) is 0 Å². The van der Waals surface area contributed by atoms with Crippen molar-refractivity contribution in [1.82, 2.24) is 39.7 Å². The molecule has 6 aromatic rings. The van der Waals surface area contributed by atoms with Gasteiger partial charge < -0.3 is 11.5 Å². The lowest BCUT2D eigenvalue weighted by Gasteiger charge is -2.21. The molecule has 8 rings (SSSR count). The number of aromatic nitrogens is 6. The number of halogens is 2. The fraction of sp³-hybridized carbons (Fsp3) is 0.297. The summed E-state index contributed by atoms with van der Waals surface area (Å²) in [6.07, 6.45) is 7.66. The quantitative estimate of drug-likeness (QED) is 0.206. The Hall–Kier alpha value is -5.20. The molecule has 0 amide bonds. The summed E-state index contributed by atoms with van der Waals surface area (Å²) in [5, 5.41) is 0. The van der Waals surface area contributed by atoms with Gasteiger partial charge >= 0.3 is 0 Å². The zero-order valence-corrected chi connectivity index (χ0v) is 27.4. The van der Waals surface area contributed by atoms with Gasteiger partial charge in [-0.1, -0.05) is 0 Å². The summed E-state index contributed by atoms with van der Waals surface area (Å²) in [5.41, 5.74) is 19.0. The number of rotatable bonds is 6. The molecule has 6 heterocycles. The van der Waals surface area contributed by atoms with Gasteiger partial charge in [0, 0.05) is 30.3 Å². The molecule has 1 atom stereocenters. The van der Waals surface area contributed by atoms with E-state index in [1.54, 1.807) is 12.1 Å². The second-order valence-corrected chi connectivity index (χ2v) is 12.8. The van der Waals surface area contributed by atoms with E-state index < -0.39 is 0 Å². The van der Waals surface area contributed by atoms with Crippen LogP contribution in [0.3, 0.4) is 0 Å². The minimum absolute atomic E-state index is 0.249. The lowest BCUT2D eigenvalue weighted by Crippen LogP contribution is -2.26. The third kappa shape index (κ3) is 7.45. The number of nitrogen functional groups attached to an aromatic ring is 2. The van der Waals surface area contributed by atoms with Crippen LogP contribution in [-0.2, 0) is 13.1 Å². The molecule has 2 saturated heterocycles. The summed E-state index contributed by atoms with van der Waals surface area (Å²) in [5.74, 6) is 0.157. The summed E-state index contributed by atoms with van der Waals surface area (Å²) < 4.78 is 28.3. The summed E-state index contributed by atoms with van der Waals surface area (Å²) in [6.45, 7) is 6.96. The number of hydrogen-bond donors (Lipinski definition) is 2. The fourth-order valence-electron chi connectivity index (χ4n) is 6.68. The van der Waals surface area contributed by atoms with Crippen LogP contribution < -0.4 is 11.5 Å². The Balaban J connectivity index is 0.000000154. The number of anilines is 2. The SMILES string of the molecule is CC1CCCN1Cc1cc(F)cc(-c2ccc3ncnc(N)c3n2)c1.Nc1ncnc2ccc(-c3cc(F)cc(CN4CCCC4)c3)nc12. The van der Waals surface area contributed by atoms with Crippen LogP contribution in [0.4, 0.5) is 20.4 Å².